The molecule has 1 aromatic heterocycles. The van der Waals surface area contributed by atoms with Crippen molar-refractivity contribution in [3.63, 3.8) is 0 Å². The molecule has 3 nitrogen and oxygen atoms in total. The van der Waals surface area contributed by atoms with Crippen LogP contribution in [-0.2, 0) is 13.6 Å². The van der Waals surface area contributed by atoms with Crippen molar-refractivity contribution < 1.29 is 0 Å². The monoisotopic (exact) mass is 277 g/mol. The molecule has 1 heterocycles. The first-order chi connectivity index (χ1) is 8.85. The summed E-state index contributed by atoms with van der Waals surface area (Å²) >= 11 is 6.05. The lowest BCUT2D eigenvalue weighted by atomic mass is 10.1. The zero-order valence-corrected chi connectivity index (χ0v) is 12.6. The molecule has 1 N–H and O–H groups in total. The molecule has 0 saturated heterocycles. The first kappa shape index (κ1) is 14.1. The molecule has 0 atom stereocenters. The van der Waals surface area contributed by atoms with E-state index < -0.39 is 0 Å². The van der Waals surface area contributed by atoms with Crippen LogP contribution in [0.5, 0.6) is 0 Å². The molecule has 102 valence electrons. The van der Waals surface area contributed by atoms with Gasteiger partial charge in [0.05, 0.1) is 5.69 Å². The van der Waals surface area contributed by atoms with Crippen molar-refractivity contribution in [2.45, 2.75) is 32.9 Å². The highest BCUT2D eigenvalue weighted by Crippen LogP contribution is 2.24. The van der Waals surface area contributed by atoms with Crippen LogP contribution in [-0.4, -0.2) is 15.3 Å². The van der Waals surface area contributed by atoms with Crippen molar-refractivity contribution in [2.24, 2.45) is 7.05 Å². The molecule has 19 heavy (non-hydrogen) atoms. The molecule has 0 amide bonds. The Morgan fingerprint density at radius 3 is 2.68 bits per heavy atom. The second kappa shape index (κ2) is 5.35. The lowest BCUT2D eigenvalue weighted by Crippen LogP contribution is -2.35. The van der Waals surface area contributed by atoms with Crippen LogP contribution in [0, 0.1) is 0 Å². The van der Waals surface area contributed by atoms with E-state index in [-0.39, 0.29) is 5.54 Å². The average molecular weight is 278 g/mol. The van der Waals surface area contributed by atoms with E-state index >= 15 is 0 Å². The van der Waals surface area contributed by atoms with Crippen molar-refractivity contribution in [2.75, 3.05) is 0 Å². The first-order valence-corrected chi connectivity index (χ1v) is 6.76. The fraction of sp³-hybridized carbons (Fsp3) is 0.400. The van der Waals surface area contributed by atoms with Crippen LogP contribution in [0.4, 0.5) is 0 Å². The quantitative estimate of drug-likeness (QED) is 0.928. The third-order valence-electron chi connectivity index (χ3n) is 2.81. The minimum atomic E-state index is 0.0848. The fourth-order valence-electron chi connectivity index (χ4n) is 1.91. The maximum atomic E-state index is 6.05. The summed E-state index contributed by atoms with van der Waals surface area (Å²) in [7, 11) is 1.94. The molecule has 0 radical (unpaired) electrons. The summed E-state index contributed by atoms with van der Waals surface area (Å²) in [5.41, 5.74) is 3.31. The minimum Gasteiger partial charge on any atom is -0.308 e. The highest BCUT2D eigenvalue weighted by atomic mass is 35.5. The topological polar surface area (TPSA) is 29.9 Å². The van der Waals surface area contributed by atoms with E-state index in [1.54, 1.807) is 0 Å². The summed E-state index contributed by atoms with van der Waals surface area (Å²) in [6, 6.07) is 7.81. The molecular formula is C15H20ClN3. The summed E-state index contributed by atoms with van der Waals surface area (Å²) in [5, 5.41) is 8.76. The SMILES string of the molecule is Cn1cc(CNC(C)(C)C)c(-c2cccc(Cl)c2)n1. The number of hydrogen-bond donors (Lipinski definition) is 1. The van der Waals surface area contributed by atoms with Crippen LogP contribution in [0.1, 0.15) is 26.3 Å². The Bertz CT molecular complexity index is 567. The van der Waals surface area contributed by atoms with Gasteiger partial charge in [-0.1, -0.05) is 23.7 Å². The Morgan fingerprint density at radius 1 is 1.32 bits per heavy atom. The molecule has 0 unspecified atom stereocenters. The normalized spacial score (nSPS) is 11.8. The Kier molecular flexibility index (Phi) is 3.97. The van der Waals surface area contributed by atoms with Gasteiger partial charge in [0.1, 0.15) is 0 Å². The number of nitrogens with one attached hydrogen (secondary N) is 1. The molecule has 0 saturated carbocycles. The molecule has 0 aliphatic rings. The van der Waals surface area contributed by atoms with Crippen LogP contribution >= 0.6 is 11.6 Å². The van der Waals surface area contributed by atoms with Crippen LogP contribution < -0.4 is 5.32 Å². The van der Waals surface area contributed by atoms with E-state index in [1.807, 2.05) is 36.0 Å². The molecule has 0 bridgehead atoms. The van der Waals surface area contributed by atoms with Gasteiger partial charge in [0.2, 0.25) is 0 Å². The zero-order chi connectivity index (χ0) is 14.0. The highest BCUT2D eigenvalue weighted by Gasteiger charge is 2.14. The molecule has 1 aromatic carbocycles. The third-order valence-corrected chi connectivity index (χ3v) is 3.05. The van der Waals surface area contributed by atoms with Crippen LogP contribution in [0.2, 0.25) is 5.02 Å². The summed E-state index contributed by atoms with van der Waals surface area (Å²) in [6.07, 6.45) is 2.05. The Hall–Kier alpha value is -1.32. The van der Waals surface area contributed by atoms with Gasteiger partial charge in [0, 0.05) is 41.5 Å². The van der Waals surface area contributed by atoms with Gasteiger partial charge in [0.15, 0.2) is 0 Å². The Morgan fingerprint density at radius 2 is 2.05 bits per heavy atom. The highest BCUT2D eigenvalue weighted by molar-refractivity contribution is 6.30. The number of benzene rings is 1. The molecule has 0 spiro atoms. The Balaban J connectivity index is 2.31. The second-order valence-corrected chi connectivity index (χ2v) is 6.23. The van der Waals surface area contributed by atoms with Crippen LogP contribution in [0.15, 0.2) is 30.5 Å². The summed E-state index contributed by atoms with van der Waals surface area (Å²) in [5.74, 6) is 0. The number of nitrogens with zero attached hydrogens (tertiary/aromatic N) is 2. The molecule has 0 aliphatic carbocycles. The van der Waals surface area contributed by atoms with E-state index in [2.05, 4.69) is 37.4 Å². The van der Waals surface area contributed by atoms with E-state index in [0.29, 0.717) is 0 Å². The van der Waals surface area contributed by atoms with Crippen molar-refractivity contribution in [3.8, 4) is 11.3 Å². The van der Waals surface area contributed by atoms with E-state index in [9.17, 15) is 0 Å². The molecule has 0 aliphatic heterocycles. The first-order valence-electron chi connectivity index (χ1n) is 6.39. The van der Waals surface area contributed by atoms with Crippen molar-refractivity contribution in [3.05, 3.63) is 41.0 Å². The van der Waals surface area contributed by atoms with Gasteiger partial charge in [-0.05, 0) is 32.9 Å². The van der Waals surface area contributed by atoms with Gasteiger partial charge in [-0.15, -0.1) is 0 Å². The molecule has 4 heteroatoms. The van der Waals surface area contributed by atoms with Gasteiger partial charge >= 0.3 is 0 Å². The number of aromatic nitrogens is 2. The molecule has 0 fully saturated rings. The lowest BCUT2D eigenvalue weighted by molar-refractivity contribution is 0.424. The fourth-order valence-corrected chi connectivity index (χ4v) is 2.10. The molecule has 2 aromatic rings. The molecular weight excluding hydrogens is 258 g/mol. The minimum absolute atomic E-state index is 0.0848. The predicted molar refractivity (Wildman–Crippen MR) is 80.2 cm³/mol. The van der Waals surface area contributed by atoms with Gasteiger partial charge < -0.3 is 5.32 Å². The van der Waals surface area contributed by atoms with Crippen molar-refractivity contribution >= 4 is 11.6 Å². The largest absolute Gasteiger partial charge is 0.308 e. The number of aryl methyl sites for hydroxylation is 1. The molecule has 2 rings (SSSR count). The number of hydrogen-bond acceptors (Lipinski definition) is 2. The second-order valence-electron chi connectivity index (χ2n) is 5.79. The van der Waals surface area contributed by atoms with Gasteiger partial charge in [-0.2, -0.15) is 5.10 Å². The number of rotatable bonds is 3. The van der Waals surface area contributed by atoms with E-state index in [1.165, 1.54) is 5.56 Å². The van der Waals surface area contributed by atoms with Gasteiger partial charge in [-0.3, -0.25) is 4.68 Å². The smallest absolute Gasteiger partial charge is 0.0968 e. The third kappa shape index (κ3) is 3.82. The average Bonchev–Trinajstić information content (AvgIpc) is 2.67. The van der Waals surface area contributed by atoms with Gasteiger partial charge in [-0.25, -0.2) is 0 Å². The van der Waals surface area contributed by atoms with Crippen molar-refractivity contribution in [1.82, 2.24) is 15.1 Å². The van der Waals surface area contributed by atoms with E-state index in [0.717, 1.165) is 22.8 Å². The van der Waals surface area contributed by atoms with Crippen LogP contribution in [0.25, 0.3) is 11.3 Å². The summed E-state index contributed by atoms with van der Waals surface area (Å²) < 4.78 is 1.84. The Labute approximate surface area is 119 Å². The van der Waals surface area contributed by atoms with Crippen LogP contribution in [0.3, 0.4) is 0 Å². The summed E-state index contributed by atoms with van der Waals surface area (Å²) in [4.78, 5) is 0. The lowest BCUT2D eigenvalue weighted by Gasteiger charge is -2.20. The number of halogens is 1. The predicted octanol–water partition coefficient (Wildman–Crippen LogP) is 3.63. The van der Waals surface area contributed by atoms with E-state index in [4.69, 9.17) is 11.6 Å². The maximum absolute atomic E-state index is 6.05. The van der Waals surface area contributed by atoms with Gasteiger partial charge in [0.25, 0.3) is 0 Å². The maximum Gasteiger partial charge on any atom is 0.0968 e. The zero-order valence-electron chi connectivity index (χ0n) is 11.9. The summed E-state index contributed by atoms with van der Waals surface area (Å²) in [6.45, 7) is 7.26. The van der Waals surface area contributed by atoms with Crippen molar-refractivity contribution in [1.29, 1.82) is 0 Å². The standard InChI is InChI=1S/C15H20ClN3/c1-15(2,3)17-9-12-10-19(4)18-14(12)11-6-5-7-13(16)8-11/h5-8,10,17H,9H2,1-4H3.